The van der Waals surface area contributed by atoms with Gasteiger partial charge in [0.1, 0.15) is 4.90 Å². The number of halogens is 3. The van der Waals surface area contributed by atoms with Crippen LogP contribution < -0.4 is 4.72 Å². The lowest BCUT2D eigenvalue weighted by Crippen LogP contribution is -2.14. The summed E-state index contributed by atoms with van der Waals surface area (Å²) in [6.45, 7) is 0. The van der Waals surface area contributed by atoms with Gasteiger partial charge in [-0.05, 0) is 40.2 Å². The minimum absolute atomic E-state index is 0.0662. The molecular weight excluding hydrogens is 419 g/mol. The highest BCUT2D eigenvalue weighted by Crippen LogP contribution is 2.29. The molecule has 2 rings (SSSR count). The molecule has 0 saturated heterocycles. The Bertz CT molecular complexity index is 722. The molecule has 19 heavy (non-hydrogen) atoms. The molecule has 1 N–H and O–H groups in total. The number of pyridine rings is 1. The van der Waals surface area contributed by atoms with E-state index in [1.54, 1.807) is 18.2 Å². The van der Waals surface area contributed by atoms with Crippen LogP contribution in [0.2, 0.25) is 5.02 Å². The molecule has 4 nitrogen and oxygen atoms in total. The molecule has 0 fully saturated rings. The Morgan fingerprint density at radius 1 is 1.21 bits per heavy atom. The van der Waals surface area contributed by atoms with E-state index in [2.05, 4.69) is 41.6 Å². The van der Waals surface area contributed by atoms with Gasteiger partial charge in [0.25, 0.3) is 10.0 Å². The number of sulfonamides is 1. The van der Waals surface area contributed by atoms with Crippen molar-refractivity contribution >= 4 is 59.2 Å². The highest BCUT2D eigenvalue weighted by Gasteiger charge is 2.19. The molecule has 100 valence electrons. The van der Waals surface area contributed by atoms with Gasteiger partial charge in [0.05, 0.1) is 10.7 Å². The maximum absolute atomic E-state index is 12.2. The van der Waals surface area contributed by atoms with E-state index in [1.807, 2.05) is 0 Å². The topological polar surface area (TPSA) is 59.1 Å². The van der Waals surface area contributed by atoms with Crippen molar-refractivity contribution < 1.29 is 8.42 Å². The van der Waals surface area contributed by atoms with Gasteiger partial charge >= 0.3 is 0 Å². The third-order valence-electron chi connectivity index (χ3n) is 2.20. The van der Waals surface area contributed by atoms with Crippen LogP contribution >= 0.6 is 43.5 Å². The van der Waals surface area contributed by atoms with Gasteiger partial charge in [0, 0.05) is 21.3 Å². The number of nitrogens with one attached hydrogen (secondary N) is 1. The fourth-order valence-electron chi connectivity index (χ4n) is 1.34. The molecule has 0 radical (unpaired) electrons. The maximum atomic E-state index is 12.2. The summed E-state index contributed by atoms with van der Waals surface area (Å²) in [6.07, 6.45) is 2.63. The van der Waals surface area contributed by atoms with Gasteiger partial charge in [-0.25, -0.2) is 8.42 Å². The summed E-state index contributed by atoms with van der Waals surface area (Å²) in [5, 5.41) is 0.119. The lowest BCUT2D eigenvalue weighted by molar-refractivity contribution is 0.601. The lowest BCUT2D eigenvalue weighted by atomic mass is 10.3. The van der Waals surface area contributed by atoms with Gasteiger partial charge < -0.3 is 0 Å². The van der Waals surface area contributed by atoms with Crippen molar-refractivity contribution in [3.63, 3.8) is 0 Å². The van der Waals surface area contributed by atoms with Gasteiger partial charge in [-0.15, -0.1) is 0 Å². The molecule has 0 unspecified atom stereocenters. The first kappa shape index (κ1) is 14.8. The number of aromatic nitrogens is 1. The Morgan fingerprint density at radius 3 is 2.63 bits per heavy atom. The Morgan fingerprint density at radius 2 is 1.95 bits per heavy atom. The molecule has 0 aliphatic heterocycles. The van der Waals surface area contributed by atoms with Gasteiger partial charge in [-0.3, -0.25) is 9.71 Å². The average Bonchev–Trinajstić information content (AvgIpc) is 2.34. The molecule has 1 aromatic heterocycles. The van der Waals surface area contributed by atoms with Crippen LogP contribution in [0.25, 0.3) is 0 Å². The van der Waals surface area contributed by atoms with E-state index >= 15 is 0 Å². The fourth-order valence-corrected chi connectivity index (χ4v) is 3.68. The number of hydrogen-bond acceptors (Lipinski definition) is 3. The van der Waals surface area contributed by atoms with E-state index in [0.717, 1.165) is 4.47 Å². The van der Waals surface area contributed by atoms with Crippen LogP contribution in [0.15, 0.2) is 50.5 Å². The molecule has 0 spiro atoms. The van der Waals surface area contributed by atoms with Crippen molar-refractivity contribution in [1.82, 2.24) is 4.98 Å². The zero-order chi connectivity index (χ0) is 14.0. The normalized spacial score (nSPS) is 11.3. The first-order valence-electron chi connectivity index (χ1n) is 4.97. The maximum Gasteiger partial charge on any atom is 0.264 e. The molecule has 0 amide bonds. The first-order valence-corrected chi connectivity index (χ1v) is 8.42. The molecular formula is C11H7Br2ClN2O2S. The molecule has 0 bridgehead atoms. The Labute approximate surface area is 132 Å². The van der Waals surface area contributed by atoms with Gasteiger partial charge in [0.2, 0.25) is 0 Å². The van der Waals surface area contributed by atoms with Crippen LogP contribution in [0, 0.1) is 0 Å². The minimum atomic E-state index is -3.78. The highest BCUT2D eigenvalue weighted by molar-refractivity contribution is 9.11. The van der Waals surface area contributed by atoms with Crippen molar-refractivity contribution in [2.75, 3.05) is 4.72 Å². The third-order valence-corrected chi connectivity index (χ3v) is 5.22. The van der Waals surface area contributed by atoms with Crippen molar-refractivity contribution in [1.29, 1.82) is 0 Å². The van der Waals surface area contributed by atoms with Crippen LogP contribution in [0.1, 0.15) is 0 Å². The second-order valence-corrected chi connectivity index (χ2v) is 7.36. The smallest absolute Gasteiger partial charge is 0.264 e. The van der Waals surface area contributed by atoms with E-state index in [4.69, 9.17) is 11.6 Å². The fraction of sp³-hybridized carbons (Fsp3) is 0. The highest BCUT2D eigenvalue weighted by atomic mass is 79.9. The molecule has 1 heterocycles. The molecule has 1 aromatic carbocycles. The van der Waals surface area contributed by atoms with E-state index in [0.29, 0.717) is 10.2 Å². The van der Waals surface area contributed by atoms with Crippen molar-refractivity contribution in [3.8, 4) is 0 Å². The second-order valence-electron chi connectivity index (χ2n) is 3.54. The molecule has 2 aromatic rings. The molecule has 0 atom stereocenters. The van der Waals surface area contributed by atoms with Crippen molar-refractivity contribution in [2.24, 2.45) is 0 Å². The number of rotatable bonds is 3. The van der Waals surface area contributed by atoms with Gasteiger partial charge in [-0.2, -0.15) is 0 Å². The molecule has 0 aliphatic rings. The van der Waals surface area contributed by atoms with Crippen LogP contribution in [-0.2, 0) is 10.0 Å². The van der Waals surface area contributed by atoms with Crippen LogP contribution in [0.4, 0.5) is 5.69 Å². The molecule has 8 heteroatoms. The predicted molar refractivity (Wildman–Crippen MR) is 81.9 cm³/mol. The number of benzene rings is 1. The largest absolute Gasteiger partial charge is 0.278 e. The third kappa shape index (κ3) is 3.47. The minimum Gasteiger partial charge on any atom is -0.278 e. The number of anilines is 1. The standard InChI is InChI=1S/C11H7Br2ClN2O2S/c12-7-1-2-8(13)10(5-7)16-19(17,18)11-6-15-4-3-9(11)14/h1-6,16H. The quantitative estimate of drug-likeness (QED) is 0.805. The summed E-state index contributed by atoms with van der Waals surface area (Å²) in [5.74, 6) is 0. The first-order chi connectivity index (χ1) is 8.90. The number of hydrogen-bond donors (Lipinski definition) is 1. The van der Waals surface area contributed by atoms with Crippen LogP contribution in [0.5, 0.6) is 0 Å². The van der Waals surface area contributed by atoms with Gasteiger partial charge in [-0.1, -0.05) is 27.5 Å². The summed E-state index contributed by atoms with van der Waals surface area (Å²) in [7, 11) is -3.78. The lowest BCUT2D eigenvalue weighted by Gasteiger charge is -2.10. The number of nitrogens with zero attached hydrogens (tertiary/aromatic N) is 1. The van der Waals surface area contributed by atoms with Crippen molar-refractivity contribution in [3.05, 3.63) is 50.6 Å². The summed E-state index contributed by atoms with van der Waals surface area (Å²) in [6, 6.07) is 6.59. The summed E-state index contributed by atoms with van der Waals surface area (Å²) >= 11 is 12.4. The summed E-state index contributed by atoms with van der Waals surface area (Å²) < 4.78 is 28.3. The predicted octanol–water partition coefficient (Wildman–Crippen LogP) is 4.06. The van der Waals surface area contributed by atoms with Crippen LogP contribution in [0.3, 0.4) is 0 Å². The summed E-state index contributed by atoms with van der Waals surface area (Å²) in [5.41, 5.74) is 0.411. The van der Waals surface area contributed by atoms with E-state index < -0.39 is 10.0 Å². The van der Waals surface area contributed by atoms with E-state index in [-0.39, 0.29) is 9.92 Å². The second kappa shape index (κ2) is 5.78. The average molecular weight is 427 g/mol. The Kier molecular flexibility index (Phi) is 4.50. The van der Waals surface area contributed by atoms with E-state index in [9.17, 15) is 8.42 Å². The van der Waals surface area contributed by atoms with Crippen molar-refractivity contribution in [2.45, 2.75) is 4.90 Å². The molecule has 0 aliphatic carbocycles. The summed E-state index contributed by atoms with van der Waals surface area (Å²) in [4.78, 5) is 3.70. The molecule has 0 saturated carbocycles. The van der Waals surface area contributed by atoms with Crippen LogP contribution in [-0.4, -0.2) is 13.4 Å². The van der Waals surface area contributed by atoms with E-state index in [1.165, 1.54) is 18.5 Å². The van der Waals surface area contributed by atoms with Gasteiger partial charge in [0.15, 0.2) is 0 Å². The Balaban J connectivity index is 2.43. The zero-order valence-corrected chi connectivity index (χ0v) is 14.0. The monoisotopic (exact) mass is 424 g/mol. The SMILES string of the molecule is O=S(=O)(Nc1cc(Br)ccc1Br)c1cnccc1Cl. The zero-order valence-electron chi connectivity index (χ0n) is 9.27. The Hall–Kier alpha value is -0.630.